The Morgan fingerprint density at radius 3 is 2.57 bits per heavy atom. The van der Waals surface area contributed by atoms with Crippen LogP contribution >= 0.6 is 27.3 Å². The number of hydrogen-bond donors (Lipinski definition) is 3. The van der Waals surface area contributed by atoms with Crippen LogP contribution in [0.2, 0.25) is 0 Å². The van der Waals surface area contributed by atoms with Crippen LogP contribution in [0.3, 0.4) is 0 Å². The van der Waals surface area contributed by atoms with E-state index in [0.717, 1.165) is 29.7 Å². The zero-order chi connectivity index (χ0) is 26.3. The first kappa shape index (κ1) is 25.2. The smallest absolute Gasteiger partial charge is 0.366 e. The van der Waals surface area contributed by atoms with Gasteiger partial charge in [0.25, 0.3) is 11.8 Å². The number of aromatic nitrogens is 2. The molecule has 0 spiro atoms. The Balaban J connectivity index is 1.36. The average Bonchev–Trinajstić information content (AvgIpc) is 3.54. The van der Waals surface area contributed by atoms with Crippen LogP contribution in [0.5, 0.6) is 0 Å². The first-order valence-corrected chi connectivity index (χ1v) is 12.9. The summed E-state index contributed by atoms with van der Waals surface area (Å²) in [5, 5.41) is 10.4. The second-order valence-electron chi connectivity index (χ2n) is 8.63. The topological polar surface area (TPSA) is 96.0 Å². The molecule has 1 aliphatic rings. The van der Waals surface area contributed by atoms with E-state index in [4.69, 9.17) is 0 Å². The fraction of sp³-hybridized carbons (Fsp3) is 0.200. The van der Waals surface area contributed by atoms with Gasteiger partial charge in [-0.05, 0) is 55.7 Å². The number of anilines is 3. The fourth-order valence-corrected chi connectivity index (χ4v) is 5.10. The summed E-state index contributed by atoms with van der Waals surface area (Å²) in [6.45, 7) is 1.77. The van der Waals surface area contributed by atoms with Gasteiger partial charge < -0.3 is 16.0 Å². The summed E-state index contributed by atoms with van der Waals surface area (Å²) < 4.78 is 40.4. The number of nitrogens with zero attached hydrogens (tertiary/aromatic N) is 2. The number of nitrogens with one attached hydrogen (secondary N) is 3. The van der Waals surface area contributed by atoms with Crippen LogP contribution in [0.25, 0.3) is 10.2 Å². The van der Waals surface area contributed by atoms with Crippen molar-refractivity contribution in [3.63, 3.8) is 0 Å². The molecule has 190 valence electrons. The number of aryl methyl sites for hydroxylation is 1. The van der Waals surface area contributed by atoms with Crippen molar-refractivity contribution in [2.75, 3.05) is 16.0 Å². The molecule has 2 amide bonds. The molecule has 1 saturated carbocycles. The van der Waals surface area contributed by atoms with Gasteiger partial charge in [-0.2, -0.15) is 13.2 Å². The van der Waals surface area contributed by atoms with E-state index in [1.807, 2.05) is 0 Å². The Hall–Kier alpha value is -3.51. The number of hydrogen-bond acceptors (Lipinski definition) is 6. The minimum absolute atomic E-state index is 0.0158. The second-order valence-corrected chi connectivity index (χ2v) is 10.4. The predicted molar refractivity (Wildman–Crippen MR) is 140 cm³/mol. The first-order chi connectivity index (χ1) is 17.6. The zero-order valence-corrected chi connectivity index (χ0v) is 21.6. The lowest BCUT2D eigenvalue weighted by molar-refractivity contribution is -0.137. The van der Waals surface area contributed by atoms with Gasteiger partial charge in [0, 0.05) is 32.8 Å². The van der Waals surface area contributed by atoms with Crippen molar-refractivity contribution in [2.24, 2.45) is 0 Å². The third-order valence-electron chi connectivity index (χ3n) is 5.75. The van der Waals surface area contributed by atoms with Crippen LogP contribution in [0.15, 0.2) is 52.6 Å². The number of carbonyl (C=O) groups is 2. The molecule has 0 atom stereocenters. The summed E-state index contributed by atoms with van der Waals surface area (Å²) >= 11 is 4.41. The molecule has 0 unspecified atom stereocenters. The molecule has 4 aromatic rings. The van der Waals surface area contributed by atoms with Crippen molar-refractivity contribution < 1.29 is 22.8 Å². The molecule has 0 radical (unpaired) electrons. The number of amides is 2. The molecule has 2 heterocycles. The lowest BCUT2D eigenvalue weighted by Crippen LogP contribution is -2.16. The number of benzene rings is 2. The monoisotopic (exact) mass is 589 g/mol. The number of alkyl halides is 3. The highest BCUT2D eigenvalue weighted by molar-refractivity contribution is 9.10. The van der Waals surface area contributed by atoms with Crippen molar-refractivity contribution in [1.29, 1.82) is 0 Å². The largest absolute Gasteiger partial charge is 0.416 e. The molecule has 0 bridgehead atoms. The molecule has 37 heavy (non-hydrogen) atoms. The van der Waals surface area contributed by atoms with E-state index < -0.39 is 23.6 Å². The highest BCUT2D eigenvalue weighted by Gasteiger charge is 2.31. The maximum Gasteiger partial charge on any atom is 0.416 e. The van der Waals surface area contributed by atoms with Crippen molar-refractivity contribution in [3.8, 4) is 0 Å². The molecule has 2 aromatic heterocycles. The van der Waals surface area contributed by atoms with E-state index in [9.17, 15) is 22.8 Å². The molecule has 3 N–H and O–H groups in total. The van der Waals surface area contributed by atoms with Gasteiger partial charge in [0.15, 0.2) is 0 Å². The minimum atomic E-state index is -4.56. The van der Waals surface area contributed by atoms with Crippen molar-refractivity contribution in [3.05, 3.63) is 74.8 Å². The normalized spacial score (nSPS) is 13.4. The summed E-state index contributed by atoms with van der Waals surface area (Å²) in [4.78, 5) is 34.5. The van der Waals surface area contributed by atoms with Gasteiger partial charge in [-0.1, -0.05) is 22.0 Å². The predicted octanol–water partition coefficient (Wildman–Crippen LogP) is 6.86. The summed E-state index contributed by atoms with van der Waals surface area (Å²) in [6, 6.07) is 8.22. The average molecular weight is 590 g/mol. The van der Waals surface area contributed by atoms with Crippen LogP contribution in [0, 0.1) is 6.92 Å². The number of thiophene rings is 1. The van der Waals surface area contributed by atoms with Gasteiger partial charge in [0.2, 0.25) is 0 Å². The van der Waals surface area contributed by atoms with E-state index in [-0.39, 0.29) is 15.7 Å². The molecule has 0 aliphatic heterocycles. The zero-order valence-electron chi connectivity index (χ0n) is 19.2. The highest BCUT2D eigenvalue weighted by Crippen LogP contribution is 2.35. The standard InChI is InChI=1S/C25H19BrF3N5O2S/c1-12-2-3-13(23(35)33-17-8-14(25(27,28)29)7-15(26)9-17)6-19(12)34-24(36)18-10-37-21-20(18)30-11-31-22(21)32-16-4-5-16/h2-3,6-11,16H,4-5H2,1H3,(H,33,35)(H,34,36)(H,30,31,32). The van der Waals surface area contributed by atoms with Crippen LogP contribution in [0.4, 0.5) is 30.4 Å². The maximum atomic E-state index is 13.1. The van der Waals surface area contributed by atoms with Crippen LogP contribution in [-0.2, 0) is 6.18 Å². The number of rotatable bonds is 6. The van der Waals surface area contributed by atoms with Crippen LogP contribution < -0.4 is 16.0 Å². The van der Waals surface area contributed by atoms with Crippen molar-refractivity contribution in [2.45, 2.75) is 32.0 Å². The Morgan fingerprint density at radius 2 is 1.84 bits per heavy atom. The Morgan fingerprint density at radius 1 is 1.05 bits per heavy atom. The van der Waals surface area contributed by atoms with Gasteiger partial charge in [-0.25, -0.2) is 9.97 Å². The first-order valence-electron chi connectivity index (χ1n) is 11.2. The summed E-state index contributed by atoms with van der Waals surface area (Å²) in [5.41, 5.74) is 1.27. The second kappa shape index (κ2) is 9.75. The van der Waals surface area contributed by atoms with Gasteiger partial charge in [-0.3, -0.25) is 9.59 Å². The maximum absolute atomic E-state index is 13.1. The fourth-order valence-electron chi connectivity index (χ4n) is 3.65. The van der Waals surface area contributed by atoms with Crippen molar-refractivity contribution in [1.82, 2.24) is 9.97 Å². The van der Waals surface area contributed by atoms with Crippen LogP contribution in [-0.4, -0.2) is 27.8 Å². The lowest BCUT2D eigenvalue weighted by Gasteiger charge is -2.13. The van der Waals surface area contributed by atoms with Crippen molar-refractivity contribution >= 4 is 66.5 Å². The third-order valence-corrected chi connectivity index (χ3v) is 7.18. The van der Waals surface area contributed by atoms with Crippen LogP contribution in [0.1, 0.15) is 44.7 Å². The quantitative estimate of drug-likeness (QED) is 0.228. The van der Waals surface area contributed by atoms with Gasteiger partial charge in [-0.15, -0.1) is 11.3 Å². The van der Waals surface area contributed by atoms with Gasteiger partial charge in [0.1, 0.15) is 12.1 Å². The van der Waals surface area contributed by atoms with Gasteiger partial charge in [0.05, 0.1) is 21.3 Å². The Kier molecular flexibility index (Phi) is 6.63. The molecule has 7 nitrogen and oxygen atoms in total. The van der Waals surface area contributed by atoms with E-state index >= 15 is 0 Å². The Bertz CT molecular complexity index is 1530. The van der Waals surface area contributed by atoms with E-state index in [0.29, 0.717) is 34.2 Å². The number of halogens is 4. The lowest BCUT2D eigenvalue weighted by atomic mass is 10.1. The van der Waals surface area contributed by atoms with E-state index in [1.165, 1.54) is 35.9 Å². The summed E-state index contributed by atoms with van der Waals surface area (Å²) in [5.74, 6) is -0.316. The summed E-state index contributed by atoms with van der Waals surface area (Å²) in [7, 11) is 0. The molecule has 1 aliphatic carbocycles. The summed E-state index contributed by atoms with van der Waals surface area (Å²) in [6.07, 6.45) is -0.980. The minimum Gasteiger partial charge on any atom is -0.366 e. The molecule has 0 saturated heterocycles. The number of fused-ring (bicyclic) bond motifs is 1. The highest BCUT2D eigenvalue weighted by atomic mass is 79.9. The molecule has 2 aromatic carbocycles. The molecule has 5 rings (SSSR count). The van der Waals surface area contributed by atoms with Gasteiger partial charge >= 0.3 is 6.18 Å². The molecule has 1 fully saturated rings. The van der Waals surface area contributed by atoms with E-state index in [2.05, 4.69) is 41.8 Å². The molecular weight excluding hydrogens is 571 g/mol. The molecule has 12 heteroatoms. The van der Waals surface area contributed by atoms with E-state index in [1.54, 1.807) is 18.4 Å². The molecular formula is C25H19BrF3N5O2S. The third kappa shape index (κ3) is 5.59. The number of carbonyl (C=O) groups excluding carboxylic acids is 2. The Labute approximate surface area is 221 Å². The SMILES string of the molecule is Cc1ccc(C(=O)Nc2cc(Br)cc(C(F)(F)F)c2)cc1NC(=O)c1csc2c(NC3CC3)ncnc12.